The van der Waals surface area contributed by atoms with E-state index in [1.165, 1.54) is 22.0 Å². The first kappa shape index (κ1) is 17.5. The lowest BCUT2D eigenvalue weighted by molar-refractivity contribution is 0.778. The first-order chi connectivity index (χ1) is 12.2. The maximum Gasteiger partial charge on any atom is 0.190 e. The Hall–Kier alpha value is -2.34. The van der Waals surface area contributed by atoms with Crippen LogP contribution in [0.25, 0.3) is 10.9 Å². The summed E-state index contributed by atoms with van der Waals surface area (Å²) in [6.07, 6.45) is 3.97. The zero-order valence-electron chi connectivity index (χ0n) is 15.0. The molecule has 0 saturated carbocycles. The maximum absolute atomic E-state index is 4.48. The Morgan fingerprint density at radius 3 is 2.72 bits per heavy atom. The smallest absolute Gasteiger partial charge is 0.190 e. The number of aryl methyl sites for hydroxylation is 2. The highest BCUT2D eigenvalue weighted by atomic mass is 32.1. The van der Waals surface area contributed by atoms with E-state index in [0.29, 0.717) is 0 Å². The molecule has 2 aromatic heterocycles. The molecule has 2 heterocycles. The van der Waals surface area contributed by atoms with E-state index in [2.05, 4.69) is 62.3 Å². The summed E-state index contributed by atoms with van der Waals surface area (Å²) in [5, 5.41) is 11.3. The Morgan fingerprint density at radius 1 is 1.20 bits per heavy atom. The predicted molar refractivity (Wildman–Crippen MR) is 107 cm³/mol. The van der Waals surface area contributed by atoms with E-state index < -0.39 is 0 Å². The topological polar surface area (TPSA) is 65.1 Å². The third kappa shape index (κ3) is 4.60. The molecule has 0 fully saturated rings. The van der Waals surface area contributed by atoms with Gasteiger partial charge in [0.15, 0.2) is 5.96 Å². The minimum Gasteiger partial charge on any atom is -0.361 e. The molecule has 5 nitrogen and oxygen atoms in total. The van der Waals surface area contributed by atoms with Crippen LogP contribution in [0.5, 0.6) is 0 Å². The van der Waals surface area contributed by atoms with Gasteiger partial charge in [-0.15, -0.1) is 11.3 Å². The van der Waals surface area contributed by atoms with Crippen LogP contribution in [-0.4, -0.2) is 36.1 Å². The van der Waals surface area contributed by atoms with Gasteiger partial charge in [0.1, 0.15) is 0 Å². The van der Waals surface area contributed by atoms with Gasteiger partial charge in [0.2, 0.25) is 0 Å². The number of aromatic nitrogens is 2. The van der Waals surface area contributed by atoms with Crippen molar-refractivity contribution in [1.29, 1.82) is 0 Å². The van der Waals surface area contributed by atoms with Gasteiger partial charge in [-0.25, -0.2) is 4.98 Å². The summed E-state index contributed by atoms with van der Waals surface area (Å²) in [7, 11) is 1.80. The molecule has 25 heavy (non-hydrogen) atoms. The molecule has 132 valence electrons. The van der Waals surface area contributed by atoms with Gasteiger partial charge in [-0.2, -0.15) is 0 Å². The van der Waals surface area contributed by atoms with E-state index in [1.54, 1.807) is 18.4 Å². The fraction of sp³-hybridized carbons (Fsp3) is 0.368. The number of nitrogens with one attached hydrogen (secondary N) is 3. The average Bonchev–Trinajstić information content (AvgIpc) is 3.19. The second kappa shape index (κ2) is 8.16. The molecule has 1 aromatic carbocycles. The summed E-state index contributed by atoms with van der Waals surface area (Å²) in [4.78, 5) is 12.1. The third-order valence-corrected chi connectivity index (χ3v) is 5.00. The largest absolute Gasteiger partial charge is 0.361 e. The number of aliphatic imine (C=N–C) groups is 1. The molecule has 0 atom stereocenters. The highest BCUT2D eigenvalue weighted by Gasteiger charge is 2.05. The Balaban J connectivity index is 1.46. The number of guanidine groups is 1. The van der Waals surface area contributed by atoms with Crippen molar-refractivity contribution >= 4 is 28.2 Å². The van der Waals surface area contributed by atoms with Crippen molar-refractivity contribution in [2.24, 2.45) is 4.99 Å². The summed E-state index contributed by atoms with van der Waals surface area (Å²) in [5.41, 5.74) is 4.95. The third-order valence-electron chi connectivity index (χ3n) is 4.17. The van der Waals surface area contributed by atoms with E-state index in [4.69, 9.17) is 0 Å². The molecule has 0 aliphatic carbocycles. The van der Waals surface area contributed by atoms with Gasteiger partial charge in [-0.3, -0.25) is 4.99 Å². The van der Waals surface area contributed by atoms with Gasteiger partial charge < -0.3 is 15.6 Å². The second-order valence-corrected chi connectivity index (χ2v) is 7.21. The fourth-order valence-corrected chi connectivity index (χ4v) is 3.52. The van der Waals surface area contributed by atoms with E-state index >= 15 is 0 Å². The summed E-state index contributed by atoms with van der Waals surface area (Å²) >= 11 is 1.70. The number of thiazole rings is 1. The van der Waals surface area contributed by atoms with Crippen LogP contribution in [0, 0.1) is 13.8 Å². The van der Waals surface area contributed by atoms with E-state index in [-0.39, 0.29) is 0 Å². The van der Waals surface area contributed by atoms with Crippen LogP contribution < -0.4 is 10.6 Å². The zero-order valence-corrected chi connectivity index (χ0v) is 15.8. The standard InChI is InChI=1S/C19H25N5S/c1-13-4-5-17-15(11-23-18(17)10-13)6-8-21-19(20-3)22-9-7-16-12-25-14(2)24-16/h4-5,10-12,23H,6-9H2,1-3H3,(H2,20,21,22). The van der Waals surface area contributed by atoms with Gasteiger partial charge in [0.25, 0.3) is 0 Å². The number of rotatable bonds is 6. The number of fused-ring (bicyclic) bond motifs is 1. The SMILES string of the molecule is CN=C(NCCc1csc(C)n1)NCCc1c[nH]c2cc(C)ccc12. The molecule has 0 aliphatic heterocycles. The molecule has 0 spiro atoms. The number of aromatic amines is 1. The number of H-pyrrole nitrogens is 1. The summed E-state index contributed by atoms with van der Waals surface area (Å²) < 4.78 is 0. The highest BCUT2D eigenvalue weighted by molar-refractivity contribution is 7.09. The maximum atomic E-state index is 4.48. The first-order valence-corrected chi connectivity index (χ1v) is 9.46. The number of nitrogens with zero attached hydrogens (tertiary/aromatic N) is 2. The second-order valence-electron chi connectivity index (χ2n) is 6.15. The van der Waals surface area contributed by atoms with Crippen molar-refractivity contribution in [3.05, 3.63) is 51.6 Å². The van der Waals surface area contributed by atoms with Crippen molar-refractivity contribution in [2.75, 3.05) is 20.1 Å². The summed E-state index contributed by atoms with van der Waals surface area (Å²) in [6, 6.07) is 6.54. The van der Waals surface area contributed by atoms with Crippen LogP contribution in [-0.2, 0) is 12.8 Å². The van der Waals surface area contributed by atoms with Crippen molar-refractivity contribution in [1.82, 2.24) is 20.6 Å². The van der Waals surface area contributed by atoms with Crippen LogP contribution >= 0.6 is 11.3 Å². The number of hydrogen-bond acceptors (Lipinski definition) is 3. The van der Waals surface area contributed by atoms with Crippen LogP contribution in [0.4, 0.5) is 0 Å². The molecule has 0 aliphatic rings. The van der Waals surface area contributed by atoms with Crippen LogP contribution in [0.3, 0.4) is 0 Å². The molecule has 6 heteroatoms. The molecule has 0 amide bonds. The average molecular weight is 356 g/mol. The van der Waals surface area contributed by atoms with Crippen molar-refractivity contribution in [2.45, 2.75) is 26.7 Å². The van der Waals surface area contributed by atoms with E-state index in [9.17, 15) is 0 Å². The number of hydrogen-bond donors (Lipinski definition) is 3. The Morgan fingerprint density at radius 2 is 2.00 bits per heavy atom. The molecule has 3 aromatic rings. The zero-order chi connectivity index (χ0) is 17.6. The van der Waals surface area contributed by atoms with Gasteiger partial charge in [0, 0.05) is 49.0 Å². The lowest BCUT2D eigenvalue weighted by Crippen LogP contribution is -2.39. The number of benzene rings is 1. The summed E-state index contributed by atoms with van der Waals surface area (Å²) in [6.45, 7) is 5.82. The minimum absolute atomic E-state index is 0.829. The minimum atomic E-state index is 0.829. The lowest BCUT2D eigenvalue weighted by atomic mass is 10.1. The highest BCUT2D eigenvalue weighted by Crippen LogP contribution is 2.19. The Labute approximate surface area is 152 Å². The quantitative estimate of drug-likeness (QED) is 0.470. The van der Waals surface area contributed by atoms with Gasteiger partial charge in [-0.05, 0) is 37.5 Å². The monoisotopic (exact) mass is 355 g/mol. The Bertz CT molecular complexity index is 862. The lowest BCUT2D eigenvalue weighted by Gasteiger charge is -2.11. The van der Waals surface area contributed by atoms with Crippen LogP contribution in [0.15, 0.2) is 34.8 Å². The van der Waals surface area contributed by atoms with Gasteiger partial charge in [0.05, 0.1) is 10.7 Å². The van der Waals surface area contributed by atoms with Gasteiger partial charge in [-0.1, -0.05) is 12.1 Å². The van der Waals surface area contributed by atoms with Crippen LogP contribution in [0.2, 0.25) is 0 Å². The Kier molecular flexibility index (Phi) is 5.71. The molecular weight excluding hydrogens is 330 g/mol. The molecule has 0 saturated heterocycles. The van der Waals surface area contributed by atoms with Gasteiger partial charge >= 0.3 is 0 Å². The van der Waals surface area contributed by atoms with Crippen molar-refractivity contribution in [3.63, 3.8) is 0 Å². The van der Waals surface area contributed by atoms with E-state index in [1.807, 2.05) is 6.92 Å². The molecule has 0 radical (unpaired) electrons. The van der Waals surface area contributed by atoms with Crippen molar-refractivity contribution in [3.8, 4) is 0 Å². The van der Waals surface area contributed by atoms with Crippen molar-refractivity contribution < 1.29 is 0 Å². The summed E-state index contributed by atoms with van der Waals surface area (Å²) in [5.74, 6) is 0.836. The molecular formula is C19H25N5S. The molecule has 0 bridgehead atoms. The first-order valence-electron chi connectivity index (χ1n) is 8.58. The molecule has 3 rings (SSSR count). The molecule has 3 N–H and O–H groups in total. The molecule has 0 unspecified atom stereocenters. The van der Waals surface area contributed by atoms with Crippen LogP contribution in [0.1, 0.15) is 21.8 Å². The normalized spacial score (nSPS) is 11.9. The van der Waals surface area contributed by atoms with E-state index in [0.717, 1.165) is 42.6 Å². The predicted octanol–water partition coefficient (Wildman–Crippen LogP) is 3.19. The fourth-order valence-electron chi connectivity index (χ4n) is 2.88.